The number of rotatable bonds is 2. The summed E-state index contributed by atoms with van der Waals surface area (Å²) in [7, 11) is 0. The second kappa shape index (κ2) is 3.82. The first-order valence-electron chi connectivity index (χ1n) is 6.02. The molecule has 2 aliphatic rings. The molecule has 0 amide bonds. The van der Waals surface area contributed by atoms with Crippen molar-refractivity contribution in [3.8, 4) is 0 Å². The Morgan fingerprint density at radius 1 is 1.14 bits per heavy atom. The molecule has 0 aromatic carbocycles. The summed E-state index contributed by atoms with van der Waals surface area (Å²) < 4.78 is 6.14. The summed E-state index contributed by atoms with van der Waals surface area (Å²) in [6, 6.07) is 1.41. The predicted octanol–water partition coefficient (Wildman–Crippen LogP) is 2.63. The van der Waals surface area contributed by atoms with Crippen molar-refractivity contribution < 1.29 is 4.74 Å². The van der Waals surface area contributed by atoms with Gasteiger partial charge in [-0.15, -0.1) is 0 Å². The molecule has 3 atom stereocenters. The number of nitrogens with zero attached hydrogens (tertiary/aromatic N) is 1. The number of hydrogen-bond acceptors (Lipinski definition) is 2. The van der Waals surface area contributed by atoms with E-state index in [9.17, 15) is 0 Å². The zero-order chi connectivity index (χ0) is 10.3. The summed E-state index contributed by atoms with van der Waals surface area (Å²) in [5, 5.41) is 0. The van der Waals surface area contributed by atoms with Crippen LogP contribution in [0.25, 0.3) is 0 Å². The van der Waals surface area contributed by atoms with Crippen LogP contribution in [-0.2, 0) is 4.74 Å². The quantitative estimate of drug-likeness (QED) is 0.674. The molecule has 2 rings (SSSR count). The average molecular weight is 197 g/mol. The van der Waals surface area contributed by atoms with Crippen LogP contribution in [0.5, 0.6) is 0 Å². The molecule has 1 saturated heterocycles. The largest absolute Gasteiger partial charge is 0.360 e. The van der Waals surface area contributed by atoms with E-state index in [0.717, 1.165) is 6.04 Å². The van der Waals surface area contributed by atoms with Crippen LogP contribution >= 0.6 is 0 Å². The van der Waals surface area contributed by atoms with Gasteiger partial charge in [0.25, 0.3) is 0 Å². The van der Waals surface area contributed by atoms with Gasteiger partial charge in [-0.25, -0.2) is 0 Å². The SMILES string of the molecule is CC(C)C1OC2CCC(C2)N1C(C)C. The highest BCUT2D eigenvalue weighted by Gasteiger charge is 2.42. The lowest BCUT2D eigenvalue weighted by molar-refractivity contribution is -0.169. The van der Waals surface area contributed by atoms with Crippen molar-refractivity contribution >= 4 is 0 Å². The van der Waals surface area contributed by atoms with Crippen LogP contribution in [0.4, 0.5) is 0 Å². The molecule has 82 valence electrons. The molecule has 0 aromatic rings. The first-order valence-corrected chi connectivity index (χ1v) is 6.02. The van der Waals surface area contributed by atoms with E-state index in [2.05, 4.69) is 32.6 Å². The van der Waals surface area contributed by atoms with Crippen molar-refractivity contribution in [3.63, 3.8) is 0 Å². The van der Waals surface area contributed by atoms with E-state index >= 15 is 0 Å². The summed E-state index contributed by atoms with van der Waals surface area (Å²) in [5.74, 6) is 0.612. The van der Waals surface area contributed by atoms with Crippen LogP contribution in [0.2, 0.25) is 0 Å². The number of ether oxygens (including phenoxy) is 1. The molecule has 0 aromatic heterocycles. The van der Waals surface area contributed by atoms with Gasteiger partial charge in [-0.2, -0.15) is 0 Å². The Bertz CT molecular complexity index is 202. The lowest BCUT2D eigenvalue weighted by Crippen LogP contribution is -2.53. The summed E-state index contributed by atoms with van der Waals surface area (Å²) in [4.78, 5) is 2.59. The summed E-state index contributed by atoms with van der Waals surface area (Å²) in [5.41, 5.74) is 0. The lowest BCUT2D eigenvalue weighted by atomic mass is 10.0. The van der Waals surface area contributed by atoms with Gasteiger partial charge in [0.2, 0.25) is 0 Å². The Hall–Kier alpha value is -0.0800. The second-order valence-corrected chi connectivity index (χ2v) is 5.40. The smallest absolute Gasteiger partial charge is 0.113 e. The van der Waals surface area contributed by atoms with Crippen LogP contribution in [0, 0.1) is 5.92 Å². The number of fused-ring (bicyclic) bond motifs is 2. The number of hydrogen-bond donors (Lipinski definition) is 0. The maximum atomic E-state index is 6.14. The third kappa shape index (κ3) is 1.70. The van der Waals surface area contributed by atoms with Gasteiger partial charge < -0.3 is 4.74 Å². The third-order valence-electron chi connectivity index (χ3n) is 3.57. The van der Waals surface area contributed by atoms with Crippen LogP contribution < -0.4 is 0 Å². The van der Waals surface area contributed by atoms with Crippen molar-refractivity contribution in [1.29, 1.82) is 0 Å². The lowest BCUT2D eigenvalue weighted by Gasteiger charge is -2.45. The summed E-state index contributed by atoms with van der Waals surface area (Å²) in [6.07, 6.45) is 4.80. The Morgan fingerprint density at radius 2 is 1.86 bits per heavy atom. The standard InChI is InChI=1S/C12H23NO/c1-8(2)12-13(9(3)4)10-5-6-11(7-10)14-12/h8-12H,5-7H2,1-4H3. The molecule has 3 unspecified atom stereocenters. The fourth-order valence-electron chi connectivity index (χ4n) is 3.00. The van der Waals surface area contributed by atoms with Crippen molar-refractivity contribution in [2.24, 2.45) is 5.92 Å². The second-order valence-electron chi connectivity index (χ2n) is 5.40. The molecule has 0 radical (unpaired) electrons. The van der Waals surface area contributed by atoms with Crippen LogP contribution in [0.3, 0.4) is 0 Å². The predicted molar refractivity (Wildman–Crippen MR) is 58.1 cm³/mol. The minimum atomic E-state index is 0.362. The van der Waals surface area contributed by atoms with Crippen molar-refractivity contribution in [3.05, 3.63) is 0 Å². The highest BCUT2D eigenvalue weighted by Crippen LogP contribution is 2.37. The first-order chi connectivity index (χ1) is 6.59. The van der Waals surface area contributed by atoms with Gasteiger partial charge in [-0.3, -0.25) is 4.90 Å². The molecule has 2 bridgehead atoms. The van der Waals surface area contributed by atoms with Gasteiger partial charge in [0.05, 0.1) is 6.10 Å². The minimum absolute atomic E-state index is 0.362. The van der Waals surface area contributed by atoms with E-state index in [0.29, 0.717) is 24.3 Å². The Kier molecular flexibility index (Phi) is 2.85. The first kappa shape index (κ1) is 10.4. The molecule has 0 spiro atoms. The molecule has 2 fully saturated rings. The van der Waals surface area contributed by atoms with Crippen molar-refractivity contribution in [2.75, 3.05) is 0 Å². The van der Waals surface area contributed by atoms with Crippen molar-refractivity contribution in [2.45, 2.75) is 71.4 Å². The maximum absolute atomic E-state index is 6.14. The molecule has 0 N–H and O–H groups in total. The van der Waals surface area contributed by atoms with E-state index in [1.807, 2.05) is 0 Å². The van der Waals surface area contributed by atoms with Crippen LogP contribution in [-0.4, -0.2) is 29.3 Å². The van der Waals surface area contributed by atoms with Crippen LogP contribution in [0.1, 0.15) is 47.0 Å². The summed E-state index contributed by atoms with van der Waals surface area (Å²) in [6.45, 7) is 9.12. The Morgan fingerprint density at radius 3 is 2.43 bits per heavy atom. The van der Waals surface area contributed by atoms with Gasteiger partial charge in [0.1, 0.15) is 6.23 Å². The highest BCUT2D eigenvalue weighted by atomic mass is 16.5. The van der Waals surface area contributed by atoms with Gasteiger partial charge in [0.15, 0.2) is 0 Å². The maximum Gasteiger partial charge on any atom is 0.113 e. The Labute approximate surface area is 87.6 Å². The van der Waals surface area contributed by atoms with E-state index in [4.69, 9.17) is 4.74 Å². The molecular formula is C12H23NO. The van der Waals surface area contributed by atoms with Gasteiger partial charge in [-0.1, -0.05) is 13.8 Å². The molecule has 14 heavy (non-hydrogen) atoms. The molecule has 2 nitrogen and oxygen atoms in total. The highest BCUT2D eigenvalue weighted by molar-refractivity contribution is 4.92. The van der Waals surface area contributed by atoms with Crippen molar-refractivity contribution in [1.82, 2.24) is 4.90 Å². The monoisotopic (exact) mass is 197 g/mol. The Balaban J connectivity index is 2.14. The molecule has 2 heteroatoms. The molecular weight excluding hydrogens is 174 g/mol. The normalized spacial score (nSPS) is 38.6. The average Bonchev–Trinajstić information content (AvgIpc) is 2.46. The molecule has 1 saturated carbocycles. The van der Waals surface area contributed by atoms with E-state index in [1.54, 1.807) is 0 Å². The molecule has 1 aliphatic carbocycles. The zero-order valence-electron chi connectivity index (χ0n) is 9.86. The van der Waals surface area contributed by atoms with E-state index < -0.39 is 0 Å². The minimum Gasteiger partial charge on any atom is -0.360 e. The topological polar surface area (TPSA) is 12.5 Å². The fourth-order valence-corrected chi connectivity index (χ4v) is 3.00. The van der Waals surface area contributed by atoms with E-state index in [1.165, 1.54) is 19.3 Å². The van der Waals surface area contributed by atoms with Gasteiger partial charge in [0, 0.05) is 12.1 Å². The zero-order valence-corrected chi connectivity index (χ0v) is 9.86. The van der Waals surface area contributed by atoms with Gasteiger partial charge in [-0.05, 0) is 39.0 Å². The van der Waals surface area contributed by atoms with Crippen LogP contribution in [0.15, 0.2) is 0 Å². The molecule has 1 heterocycles. The van der Waals surface area contributed by atoms with E-state index in [-0.39, 0.29) is 0 Å². The third-order valence-corrected chi connectivity index (χ3v) is 3.57. The summed E-state index contributed by atoms with van der Waals surface area (Å²) >= 11 is 0. The fraction of sp³-hybridized carbons (Fsp3) is 1.00. The van der Waals surface area contributed by atoms with Gasteiger partial charge >= 0.3 is 0 Å². The molecule has 1 aliphatic heterocycles.